The summed E-state index contributed by atoms with van der Waals surface area (Å²) < 4.78 is 12.9. The zero-order valence-corrected chi connectivity index (χ0v) is 13.9. The molecule has 9 heteroatoms. The summed E-state index contributed by atoms with van der Waals surface area (Å²) in [6.07, 6.45) is 0. The fourth-order valence-corrected chi connectivity index (χ4v) is 3.84. The molecule has 0 bridgehead atoms. The molecule has 23 heavy (non-hydrogen) atoms. The van der Waals surface area contributed by atoms with Gasteiger partial charge in [-0.25, -0.2) is 5.10 Å². The van der Waals surface area contributed by atoms with E-state index in [0.717, 1.165) is 0 Å². The predicted molar refractivity (Wildman–Crippen MR) is 91.7 cm³/mol. The van der Waals surface area contributed by atoms with Crippen LogP contribution in [0.2, 0.25) is 10.0 Å². The first-order chi connectivity index (χ1) is 11.0. The Hall–Kier alpha value is -1.93. The summed E-state index contributed by atoms with van der Waals surface area (Å²) in [6, 6.07) is 12.1. The van der Waals surface area contributed by atoms with E-state index in [9.17, 15) is 4.55 Å². The molecule has 1 aromatic heterocycles. The standard InChI is InChI=1S/C14H11Cl2N5OS/c15-8-6-10(16)12(23(22)9-4-2-1-3-5-9)11(7-8)18-14-19-13(17)20-21-14/h1-7H,(H4,17,18,19,20,21). The van der Waals surface area contributed by atoms with Gasteiger partial charge in [0.15, 0.2) is 4.90 Å². The minimum atomic E-state index is -1.50. The second-order valence-electron chi connectivity index (χ2n) is 4.52. The zero-order valence-electron chi connectivity index (χ0n) is 11.6. The van der Waals surface area contributed by atoms with Crippen molar-refractivity contribution >= 4 is 52.0 Å². The van der Waals surface area contributed by atoms with Gasteiger partial charge in [-0.15, -0.1) is 5.10 Å². The molecule has 0 spiro atoms. The lowest BCUT2D eigenvalue weighted by Gasteiger charge is -2.15. The molecule has 3 rings (SSSR count). The molecule has 0 fully saturated rings. The second kappa shape index (κ2) is 6.67. The van der Waals surface area contributed by atoms with Crippen LogP contribution in [-0.2, 0) is 11.2 Å². The second-order valence-corrected chi connectivity index (χ2v) is 6.78. The highest BCUT2D eigenvalue weighted by molar-refractivity contribution is 7.91. The predicted octanol–water partition coefficient (Wildman–Crippen LogP) is 3.60. The van der Waals surface area contributed by atoms with Crippen LogP contribution in [0.1, 0.15) is 0 Å². The average Bonchev–Trinajstić information content (AvgIpc) is 2.92. The molecule has 0 saturated carbocycles. The van der Waals surface area contributed by atoms with Gasteiger partial charge in [-0.2, -0.15) is 4.98 Å². The first-order valence-electron chi connectivity index (χ1n) is 6.45. The highest BCUT2D eigenvalue weighted by Crippen LogP contribution is 2.37. The molecule has 0 aliphatic carbocycles. The van der Waals surface area contributed by atoms with Crippen molar-refractivity contribution in [1.82, 2.24) is 15.2 Å². The van der Waals surface area contributed by atoms with Crippen LogP contribution in [0, 0.1) is 0 Å². The van der Waals surface area contributed by atoms with E-state index in [1.54, 1.807) is 30.3 Å². The number of benzene rings is 2. The molecule has 0 aliphatic rings. The Morgan fingerprint density at radius 1 is 1.17 bits per heavy atom. The number of nitrogens with one attached hydrogen (secondary N) is 2. The van der Waals surface area contributed by atoms with Gasteiger partial charge in [0.1, 0.15) is 5.69 Å². The molecule has 0 amide bonds. The maximum atomic E-state index is 12.9. The minimum absolute atomic E-state index is 0.159. The number of H-pyrrole nitrogens is 1. The Bertz CT molecular complexity index is 827. The van der Waals surface area contributed by atoms with Gasteiger partial charge in [0.25, 0.3) is 0 Å². The molecular weight excluding hydrogens is 357 g/mol. The van der Waals surface area contributed by atoms with Gasteiger partial charge in [-0.3, -0.25) is 0 Å². The van der Waals surface area contributed by atoms with E-state index in [0.29, 0.717) is 20.5 Å². The van der Waals surface area contributed by atoms with Gasteiger partial charge < -0.3 is 15.6 Å². The summed E-state index contributed by atoms with van der Waals surface area (Å²) in [5.41, 5.74) is 5.95. The number of nitrogens with zero attached hydrogens (tertiary/aromatic N) is 2. The Balaban J connectivity index is 2.04. The van der Waals surface area contributed by atoms with Crippen molar-refractivity contribution < 1.29 is 4.55 Å². The lowest BCUT2D eigenvalue weighted by atomic mass is 10.3. The SMILES string of the molecule is Nc1nc(Nc2cc(Cl)cc(Cl)c2[S+]([O-])c2ccccc2)n[nH]1. The highest BCUT2D eigenvalue weighted by atomic mass is 35.5. The normalized spacial score (nSPS) is 12.1. The van der Waals surface area contributed by atoms with Gasteiger partial charge in [0.2, 0.25) is 16.8 Å². The Morgan fingerprint density at radius 2 is 1.91 bits per heavy atom. The van der Waals surface area contributed by atoms with Crippen LogP contribution in [0.3, 0.4) is 0 Å². The van der Waals surface area contributed by atoms with E-state index in [-0.39, 0.29) is 16.9 Å². The molecule has 0 radical (unpaired) electrons. The number of hydrogen-bond donors (Lipinski definition) is 3. The smallest absolute Gasteiger partial charge is 0.248 e. The number of aromatic nitrogens is 3. The number of nitrogen functional groups attached to an aromatic ring is 1. The topological polar surface area (TPSA) is 103 Å². The van der Waals surface area contributed by atoms with Crippen LogP contribution in [0.25, 0.3) is 0 Å². The van der Waals surface area contributed by atoms with Gasteiger partial charge in [-0.1, -0.05) is 41.4 Å². The summed E-state index contributed by atoms with van der Waals surface area (Å²) in [4.78, 5) is 4.97. The number of aromatic amines is 1. The van der Waals surface area contributed by atoms with E-state index in [4.69, 9.17) is 28.9 Å². The molecule has 6 nitrogen and oxygen atoms in total. The summed E-state index contributed by atoms with van der Waals surface area (Å²) in [6.45, 7) is 0. The summed E-state index contributed by atoms with van der Waals surface area (Å²) in [5, 5.41) is 10.0. The molecule has 0 saturated heterocycles. The summed E-state index contributed by atoms with van der Waals surface area (Å²) in [7, 11) is 0. The molecule has 4 N–H and O–H groups in total. The molecule has 0 aliphatic heterocycles. The minimum Gasteiger partial charge on any atom is -0.606 e. The summed E-state index contributed by atoms with van der Waals surface area (Å²) >= 11 is 10.8. The quantitative estimate of drug-likeness (QED) is 0.611. The number of anilines is 3. The van der Waals surface area contributed by atoms with E-state index >= 15 is 0 Å². The average molecular weight is 368 g/mol. The number of hydrogen-bond acceptors (Lipinski definition) is 5. The molecule has 118 valence electrons. The maximum Gasteiger partial charge on any atom is 0.248 e. The fraction of sp³-hybridized carbons (Fsp3) is 0. The van der Waals surface area contributed by atoms with Crippen LogP contribution in [0.5, 0.6) is 0 Å². The number of halogens is 2. The Labute approximate surface area is 145 Å². The van der Waals surface area contributed by atoms with Crippen molar-refractivity contribution in [3.8, 4) is 0 Å². The van der Waals surface area contributed by atoms with Gasteiger partial charge >= 0.3 is 0 Å². The van der Waals surface area contributed by atoms with Crippen molar-refractivity contribution in [2.45, 2.75) is 9.79 Å². The maximum absolute atomic E-state index is 12.9. The highest BCUT2D eigenvalue weighted by Gasteiger charge is 2.24. The van der Waals surface area contributed by atoms with Gasteiger partial charge in [0.05, 0.1) is 5.02 Å². The molecule has 2 aromatic carbocycles. The van der Waals surface area contributed by atoms with Crippen LogP contribution in [0.15, 0.2) is 52.3 Å². The third-order valence-electron chi connectivity index (χ3n) is 2.90. The molecular formula is C14H11Cl2N5OS. The lowest BCUT2D eigenvalue weighted by Crippen LogP contribution is -2.07. The van der Waals surface area contributed by atoms with E-state index in [1.807, 2.05) is 6.07 Å². The molecule has 1 heterocycles. The van der Waals surface area contributed by atoms with Crippen molar-refractivity contribution in [2.24, 2.45) is 0 Å². The lowest BCUT2D eigenvalue weighted by molar-refractivity contribution is 0.595. The van der Waals surface area contributed by atoms with Crippen LogP contribution in [-0.4, -0.2) is 19.7 Å². The first-order valence-corrected chi connectivity index (χ1v) is 8.36. The van der Waals surface area contributed by atoms with Gasteiger partial charge in [-0.05, 0) is 24.3 Å². The largest absolute Gasteiger partial charge is 0.606 e. The molecule has 1 atom stereocenters. The van der Waals surface area contributed by atoms with Gasteiger partial charge in [0, 0.05) is 16.2 Å². The zero-order chi connectivity index (χ0) is 16.4. The molecule has 3 aromatic rings. The monoisotopic (exact) mass is 367 g/mol. The van der Waals surface area contributed by atoms with Crippen molar-refractivity contribution in [2.75, 3.05) is 11.1 Å². The van der Waals surface area contributed by atoms with Crippen LogP contribution >= 0.6 is 23.2 Å². The van der Waals surface area contributed by atoms with E-state index in [1.165, 1.54) is 6.07 Å². The van der Waals surface area contributed by atoms with Crippen LogP contribution in [0.4, 0.5) is 17.6 Å². The first kappa shape index (κ1) is 15.9. The van der Waals surface area contributed by atoms with Crippen LogP contribution < -0.4 is 11.1 Å². The fourth-order valence-electron chi connectivity index (χ4n) is 1.95. The van der Waals surface area contributed by atoms with E-state index in [2.05, 4.69) is 20.5 Å². The number of nitrogens with two attached hydrogens (primary N) is 1. The Kier molecular flexibility index (Phi) is 4.63. The van der Waals surface area contributed by atoms with Crippen molar-refractivity contribution in [3.63, 3.8) is 0 Å². The Morgan fingerprint density at radius 3 is 2.57 bits per heavy atom. The third kappa shape index (κ3) is 3.53. The third-order valence-corrected chi connectivity index (χ3v) is 5.04. The van der Waals surface area contributed by atoms with Crippen molar-refractivity contribution in [3.05, 3.63) is 52.5 Å². The van der Waals surface area contributed by atoms with Crippen molar-refractivity contribution in [1.29, 1.82) is 0 Å². The number of rotatable bonds is 4. The van der Waals surface area contributed by atoms with E-state index < -0.39 is 11.2 Å². The molecule has 1 unspecified atom stereocenters. The summed E-state index contributed by atoms with van der Waals surface area (Å²) in [5.74, 6) is 0.388.